The van der Waals surface area contributed by atoms with Crippen LogP contribution >= 0.6 is 0 Å². The van der Waals surface area contributed by atoms with E-state index < -0.39 is 60.2 Å². The Morgan fingerprint density at radius 1 is 0.900 bits per heavy atom. The molecular formula is C26H36N6O8. The molecule has 218 valence electrons. The Labute approximate surface area is 230 Å². The lowest BCUT2D eigenvalue weighted by Crippen LogP contribution is -2.58. The van der Waals surface area contributed by atoms with Crippen molar-refractivity contribution in [2.24, 2.45) is 11.7 Å². The number of amides is 3. The number of hydrogen-bond donors (Lipinski definition) is 8. The van der Waals surface area contributed by atoms with Crippen LogP contribution in [0.5, 0.6) is 5.75 Å². The largest absolute Gasteiger partial charge is 0.508 e. The second kappa shape index (κ2) is 15.2. The molecule has 0 aliphatic rings. The van der Waals surface area contributed by atoms with Crippen molar-refractivity contribution in [3.63, 3.8) is 0 Å². The van der Waals surface area contributed by atoms with E-state index in [1.807, 2.05) is 0 Å². The highest BCUT2D eigenvalue weighted by Gasteiger charge is 2.31. The number of carbonyl (C=O) groups is 5. The van der Waals surface area contributed by atoms with Crippen molar-refractivity contribution >= 4 is 29.7 Å². The van der Waals surface area contributed by atoms with Gasteiger partial charge in [-0.05, 0) is 36.5 Å². The van der Waals surface area contributed by atoms with Gasteiger partial charge < -0.3 is 42.0 Å². The molecule has 14 heteroatoms. The number of aromatic nitrogens is 2. The standard InChI is InChI=1S/C26H36N6O8/c1-14(2)9-21(26(39)40)32-25(38)20(10-15-3-5-17(33)6-4-15)31-24(37)19(7-8-22(34)35)30-23(36)18(27)11-16-12-28-13-29-16/h3-6,12-14,18-21,33H,7-11,27H2,1-2H3,(H,28,29)(H,30,36)(H,31,37)(H,32,38)(H,34,35)(H,39,40). The minimum Gasteiger partial charge on any atom is -0.508 e. The molecule has 4 unspecified atom stereocenters. The van der Waals surface area contributed by atoms with Crippen molar-refractivity contribution in [1.82, 2.24) is 25.9 Å². The lowest BCUT2D eigenvalue weighted by Gasteiger charge is -2.25. The summed E-state index contributed by atoms with van der Waals surface area (Å²) in [5.74, 6) is -4.86. The normalized spacial score (nSPS) is 14.0. The number of benzene rings is 1. The first-order valence-electron chi connectivity index (χ1n) is 12.7. The van der Waals surface area contributed by atoms with Gasteiger partial charge in [0.15, 0.2) is 0 Å². The second-order valence-corrected chi connectivity index (χ2v) is 9.84. The van der Waals surface area contributed by atoms with Crippen LogP contribution < -0.4 is 21.7 Å². The number of carboxylic acids is 2. The van der Waals surface area contributed by atoms with Crippen molar-refractivity contribution in [3.05, 3.63) is 48.0 Å². The van der Waals surface area contributed by atoms with Gasteiger partial charge in [0.05, 0.1) is 12.4 Å². The average Bonchev–Trinajstić information content (AvgIpc) is 3.39. The Hall–Kier alpha value is -4.46. The summed E-state index contributed by atoms with van der Waals surface area (Å²) in [6, 6.07) is 0.917. The first-order valence-corrected chi connectivity index (χ1v) is 12.7. The zero-order valence-corrected chi connectivity index (χ0v) is 22.3. The van der Waals surface area contributed by atoms with Gasteiger partial charge in [0.1, 0.15) is 23.9 Å². The molecule has 14 nitrogen and oxygen atoms in total. The number of carbonyl (C=O) groups excluding carboxylic acids is 3. The van der Waals surface area contributed by atoms with E-state index in [4.69, 9.17) is 10.8 Å². The van der Waals surface area contributed by atoms with Crippen LogP contribution in [0.25, 0.3) is 0 Å². The molecule has 0 aliphatic carbocycles. The predicted molar refractivity (Wildman–Crippen MR) is 142 cm³/mol. The molecule has 0 aliphatic heterocycles. The fourth-order valence-corrected chi connectivity index (χ4v) is 3.86. The lowest BCUT2D eigenvalue weighted by atomic mass is 10.0. The molecule has 2 aromatic rings. The number of aliphatic carboxylic acids is 2. The molecule has 1 aromatic heterocycles. The first kappa shape index (κ1) is 31.8. The molecule has 0 saturated heterocycles. The Morgan fingerprint density at radius 3 is 2.05 bits per heavy atom. The zero-order valence-electron chi connectivity index (χ0n) is 22.3. The molecule has 4 atom stereocenters. The van der Waals surface area contributed by atoms with Crippen LogP contribution in [0.15, 0.2) is 36.8 Å². The van der Waals surface area contributed by atoms with Crippen molar-refractivity contribution in [1.29, 1.82) is 0 Å². The van der Waals surface area contributed by atoms with E-state index in [2.05, 4.69) is 25.9 Å². The molecule has 0 saturated carbocycles. The third-order valence-electron chi connectivity index (χ3n) is 5.94. The molecule has 2 rings (SSSR count). The van der Waals surface area contributed by atoms with Crippen molar-refractivity contribution < 1.29 is 39.3 Å². The number of hydrogen-bond acceptors (Lipinski definition) is 8. The molecule has 1 aromatic carbocycles. The van der Waals surface area contributed by atoms with E-state index in [1.165, 1.54) is 36.8 Å². The topological polar surface area (TPSA) is 237 Å². The summed E-state index contributed by atoms with van der Waals surface area (Å²) in [7, 11) is 0. The number of aromatic amines is 1. The third kappa shape index (κ3) is 10.7. The van der Waals surface area contributed by atoms with Crippen LogP contribution in [-0.2, 0) is 36.8 Å². The van der Waals surface area contributed by atoms with Crippen LogP contribution in [0.1, 0.15) is 44.4 Å². The summed E-state index contributed by atoms with van der Waals surface area (Å²) < 4.78 is 0. The van der Waals surface area contributed by atoms with Gasteiger partial charge in [-0.2, -0.15) is 0 Å². The monoisotopic (exact) mass is 560 g/mol. The van der Waals surface area contributed by atoms with Gasteiger partial charge in [0.25, 0.3) is 0 Å². The van der Waals surface area contributed by atoms with Gasteiger partial charge in [0.2, 0.25) is 17.7 Å². The van der Waals surface area contributed by atoms with Gasteiger partial charge in [-0.1, -0.05) is 26.0 Å². The first-order chi connectivity index (χ1) is 18.8. The quantitative estimate of drug-likeness (QED) is 0.133. The van der Waals surface area contributed by atoms with E-state index in [-0.39, 0.29) is 37.4 Å². The number of phenols is 1. The molecular weight excluding hydrogens is 524 g/mol. The summed E-state index contributed by atoms with van der Waals surface area (Å²) in [6.45, 7) is 3.59. The zero-order chi connectivity index (χ0) is 29.8. The Kier molecular flexibility index (Phi) is 12.1. The summed E-state index contributed by atoms with van der Waals surface area (Å²) in [4.78, 5) is 68.8. The minimum absolute atomic E-state index is 0.0143. The van der Waals surface area contributed by atoms with E-state index in [0.29, 0.717) is 11.3 Å². The van der Waals surface area contributed by atoms with Gasteiger partial charge in [-0.15, -0.1) is 0 Å². The predicted octanol–water partition coefficient (Wildman–Crippen LogP) is -0.322. The number of nitrogens with one attached hydrogen (secondary N) is 4. The van der Waals surface area contributed by atoms with E-state index in [9.17, 15) is 34.2 Å². The highest BCUT2D eigenvalue weighted by Crippen LogP contribution is 2.13. The number of nitrogens with zero attached hydrogens (tertiary/aromatic N) is 1. The Bertz CT molecular complexity index is 1150. The van der Waals surface area contributed by atoms with Crippen LogP contribution in [0.3, 0.4) is 0 Å². The van der Waals surface area contributed by atoms with Gasteiger partial charge in [-0.3, -0.25) is 19.2 Å². The maximum Gasteiger partial charge on any atom is 0.326 e. The number of nitrogens with two attached hydrogens (primary N) is 1. The Balaban J connectivity index is 2.24. The molecule has 0 radical (unpaired) electrons. The number of phenolic OH excluding ortho intramolecular Hbond substituents is 1. The summed E-state index contributed by atoms with van der Waals surface area (Å²) >= 11 is 0. The molecule has 0 fully saturated rings. The Morgan fingerprint density at radius 2 is 1.50 bits per heavy atom. The highest BCUT2D eigenvalue weighted by atomic mass is 16.4. The van der Waals surface area contributed by atoms with Gasteiger partial charge in [0, 0.05) is 31.2 Å². The van der Waals surface area contributed by atoms with E-state index >= 15 is 0 Å². The van der Waals surface area contributed by atoms with Crippen LogP contribution in [0, 0.1) is 5.92 Å². The number of aromatic hydroxyl groups is 1. The number of rotatable bonds is 16. The van der Waals surface area contributed by atoms with E-state index in [1.54, 1.807) is 13.8 Å². The SMILES string of the molecule is CC(C)CC(NC(=O)C(Cc1ccc(O)cc1)NC(=O)C(CCC(=O)O)NC(=O)C(N)Cc1cnc[nH]1)C(=O)O. The summed E-state index contributed by atoms with van der Waals surface area (Å²) in [6.07, 6.45) is 2.30. The van der Waals surface area contributed by atoms with E-state index in [0.717, 1.165) is 0 Å². The molecule has 40 heavy (non-hydrogen) atoms. The summed E-state index contributed by atoms with van der Waals surface area (Å²) in [5, 5.41) is 35.7. The molecule has 0 bridgehead atoms. The maximum atomic E-state index is 13.3. The van der Waals surface area contributed by atoms with Crippen molar-refractivity contribution in [2.75, 3.05) is 0 Å². The number of carboxylic acid groups (broad SMARTS) is 2. The maximum absolute atomic E-state index is 13.3. The fraction of sp³-hybridized carbons (Fsp3) is 0.462. The van der Waals surface area contributed by atoms with Crippen molar-refractivity contribution in [2.45, 2.75) is 70.1 Å². The lowest BCUT2D eigenvalue weighted by molar-refractivity contribution is -0.142. The van der Waals surface area contributed by atoms with Crippen LogP contribution in [0.4, 0.5) is 0 Å². The third-order valence-corrected chi connectivity index (χ3v) is 5.94. The number of H-pyrrole nitrogens is 1. The van der Waals surface area contributed by atoms with Crippen LogP contribution in [0.2, 0.25) is 0 Å². The molecule has 0 spiro atoms. The smallest absolute Gasteiger partial charge is 0.326 e. The molecule has 3 amide bonds. The number of imidazole rings is 1. The van der Waals surface area contributed by atoms with Crippen molar-refractivity contribution in [3.8, 4) is 5.75 Å². The summed E-state index contributed by atoms with van der Waals surface area (Å²) in [5.41, 5.74) is 7.07. The second-order valence-electron chi connectivity index (χ2n) is 9.84. The van der Waals surface area contributed by atoms with Gasteiger partial charge >= 0.3 is 11.9 Å². The minimum atomic E-state index is -1.35. The average molecular weight is 561 g/mol. The molecule has 9 N–H and O–H groups in total. The highest BCUT2D eigenvalue weighted by molar-refractivity contribution is 5.94. The van der Waals surface area contributed by atoms with Gasteiger partial charge in [-0.25, -0.2) is 9.78 Å². The molecule has 1 heterocycles. The fourth-order valence-electron chi connectivity index (χ4n) is 3.86. The van der Waals surface area contributed by atoms with Crippen LogP contribution in [-0.4, -0.2) is 79.1 Å².